The first-order chi connectivity index (χ1) is 13.6. The lowest BCUT2D eigenvalue weighted by Crippen LogP contribution is -2.24. The number of ether oxygens (including phenoxy) is 2. The first-order valence-corrected chi connectivity index (χ1v) is 8.61. The van der Waals surface area contributed by atoms with Crippen LogP contribution in [0.5, 0.6) is 11.5 Å². The Morgan fingerprint density at radius 3 is 2.54 bits per heavy atom. The van der Waals surface area contributed by atoms with Crippen molar-refractivity contribution < 1.29 is 14.3 Å². The number of methoxy groups -OCH3 is 2. The number of nitrogens with zero attached hydrogens (tertiary/aromatic N) is 3. The second-order valence-electron chi connectivity index (χ2n) is 5.91. The van der Waals surface area contributed by atoms with Gasteiger partial charge in [0.25, 0.3) is 5.91 Å². The Morgan fingerprint density at radius 1 is 1.04 bits per heavy atom. The van der Waals surface area contributed by atoms with Crippen LogP contribution in [0, 0.1) is 6.92 Å². The Labute approximate surface area is 163 Å². The van der Waals surface area contributed by atoms with Crippen LogP contribution in [0.2, 0.25) is 0 Å². The van der Waals surface area contributed by atoms with Crippen molar-refractivity contribution in [3.05, 3.63) is 65.9 Å². The molecule has 8 nitrogen and oxygen atoms in total. The van der Waals surface area contributed by atoms with Crippen molar-refractivity contribution in [1.82, 2.24) is 20.3 Å². The molecule has 2 N–H and O–H groups in total. The van der Waals surface area contributed by atoms with Crippen LogP contribution in [0.3, 0.4) is 0 Å². The van der Waals surface area contributed by atoms with Gasteiger partial charge in [0, 0.05) is 31.1 Å². The minimum absolute atomic E-state index is 0.275. The average Bonchev–Trinajstić information content (AvgIpc) is 2.72. The third-order valence-electron chi connectivity index (χ3n) is 3.94. The van der Waals surface area contributed by atoms with Gasteiger partial charge in [-0.15, -0.1) is 0 Å². The fourth-order valence-corrected chi connectivity index (χ4v) is 2.56. The number of hydrogen-bond donors (Lipinski definition) is 2. The zero-order chi connectivity index (χ0) is 19.9. The Morgan fingerprint density at radius 2 is 1.82 bits per heavy atom. The molecule has 0 aliphatic carbocycles. The van der Waals surface area contributed by atoms with E-state index in [0.717, 1.165) is 5.56 Å². The molecule has 0 unspecified atom stereocenters. The average molecular weight is 379 g/mol. The fourth-order valence-electron chi connectivity index (χ4n) is 2.56. The molecule has 2 heterocycles. The molecule has 2 aromatic heterocycles. The Bertz CT molecular complexity index is 963. The smallest absolute Gasteiger partial charge is 0.270 e. The van der Waals surface area contributed by atoms with Crippen molar-refractivity contribution in [3.8, 4) is 11.5 Å². The lowest BCUT2D eigenvalue weighted by molar-refractivity contribution is 0.0945. The summed E-state index contributed by atoms with van der Waals surface area (Å²) in [4.78, 5) is 25.0. The second kappa shape index (κ2) is 8.81. The fraction of sp³-hybridized carbons (Fsp3) is 0.200. The number of anilines is 2. The molecular weight excluding hydrogens is 358 g/mol. The molecule has 0 aliphatic rings. The van der Waals surface area contributed by atoms with Gasteiger partial charge in [0.05, 0.1) is 19.9 Å². The van der Waals surface area contributed by atoms with Crippen molar-refractivity contribution in [3.63, 3.8) is 0 Å². The van der Waals surface area contributed by atoms with Gasteiger partial charge in [-0.1, -0.05) is 0 Å². The molecule has 0 saturated heterocycles. The largest absolute Gasteiger partial charge is 0.497 e. The predicted octanol–water partition coefficient (Wildman–Crippen LogP) is 2.87. The number of benzene rings is 1. The number of nitrogens with one attached hydrogen (secondary N) is 2. The number of amides is 1. The zero-order valence-corrected chi connectivity index (χ0v) is 15.9. The lowest BCUT2D eigenvalue weighted by Gasteiger charge is -2.13. The monoisotopic (exact) mass is 379 g/mol. The highest BCUT2D eigenvalue weighted by Crippen LogP contribution is 2.31. The first kappa shape index (κ1) is 19.1. The molecule has 1 aromatic carbocycles. The van der Waals surface area contributed by atoms with E-state index < -0.39 is 0 Å². The number of pyridine rings is 1. The highest BCUT2D eigenvalue weighted by molar-refractivity contribution is 5.93. The van der Waals surface area contributed by atoms with Gasteiger partial charge in [0.1, 0.15) is 28.8 Å². The van der Waals surface area contributed by atoms with E-state index >= 15 is 0 Å². The van der Waals surface area contributed by atoms with Crippen LogP contribution in [0.4, 0.5) is 11.5 Å². The predicted molar refractivity (Wildman–Crippen MR) is 105 cm³/mol. The molecule has 0 aliphatic heterocycles. The van der Waals surface area contributed by atoms with Crippen LogP contribution in [-0.4, -0.2) is 35.1 Å². The van der Waals surface area contributed by atoms with Gasteiger partial charge in [0.15, 0.2) is 0 Å². The summed E-state index contributed by atoms with van der Waals surface area (Å²) >= 11 is 0. The van der Waals surface area contributed by atoms with Crippen LogP contribution in [0.1, 0.15) is 21.9 Å². The van der Waals surface area contributed by atoms with Gasteiger partial charge < -0.3 is 20.1 Å². The van der Waals surface area contributed by atoms with E-state index in [9.17, 15) is 4.79 Å². The molecule has 144 valence electrons. The van der Waals surface area contributed by atoms with E-state index in [1.54, 1.807) is 51.7 Å². The Balaban J connectivity index is 1.77. The van der Waals surface area contributed by atoms with Gasteiger partial charge in [0.2, 0.25) is 0 Å². The summed E-state index contributed by atoms with van der Waals surface area (Å²) < 4.78 is 10.6. The number of carbonyl (C=O) groups excluding carboxylic acids is 1. The van der Waals surface area contributed by atoms with E-state index in [1.807, 2.05) is 18.2 Å². The van der Waals surface area contributed by atoms with Crippen molar-refractivity contribution in [1.29, 1.82) is 0 Å². The van der Waals surface area contributed by atoms with Gasteiger partial charge in [-0.3, -0.25) is 9.78 Å². The van der Waals surface area contributed by atoms with E-state index in [1.165, 1.54) is 0 Å². The highest BCUT2D eigenvalue weighted by atomic mass is 16.5. The van der Waals surface area contributed by atoms with Gasteiger partial charge in [-0.2, -0.15) is 0 Å². The summed E-state index contributed by atoms with van der Waals surface area (Å²) in [5.41, 5.74) is 1.93. The molecule has 28 heavy (non-hydrogen) atoms. The maximum Gasteiger partial charge on any atom is 0.270 e. The summed E-state index contributed by atoms with van der Waals surface area (Å²) in [6.45, 7) is 2.12. The summed E-state index contributed by atoms with van der Waals surface area (Å²) in [6, 6.07) is 10.7. The van der Waals surface area contributed by atoms with Gasteiger partial charge in [-0.05, 0) is 36.8 Å². The van der Waals surface area contributed by atoms with E-state index in [-0.39, 0.29) is 11.6 Å². The number of aromatic nitrogens is 3. The summed E-state index contributed by atoms with van der Waals surface area (Å²) in [7, 11) is 3.16. The normalized spacial score (nSPS) is 10.2. The maximum atomic E-state index is 12.5. The van der Waals surface area contributed by atoms with Crippen LogP contribution in [0.25, 0.3) is 0 Å². The van der Waals surface area contributed by atoms with Gasteiger partial charge in [-0.25, -0.2) is 9.97 Å². The third-order valence-corrected chi connectivity index (χ3v) is 3.94. The molecular formula is C20H21N5O3. The van der Waals surface area contributed by atoms with E-state index in [0.29, 0.717) is 35.4 Å². The SMILES string of the molecule is COc1ccc(Nc2cc(C(=O)NCc3ccncc3)nc(C)n2)c(OC)c1. The quantitative estimate of drug-likeness (QED) is 0.651. The van der Waals surface area contributed by atoms with Crippen molar-refractivity contribution in [2.24, 2.45) is 0 Å². The van der Waals surface area contributed by atoms with Crippen LogP contribution in [-0.2, 0) is 6.54 Å². The Kier molecular flexibility index (Phi) is 6.01. The standard InChI is InChI=1S/C20H21N5O3/c1-13-23-17(20(26)22-12-14-6-8-21-9-7-14)11-19(24-13)25-16-5-4-15(27-2)10-18(16)28-3/h4-11H,12H2,1-3H3,(H,22,26)(H,23,24,25). The summed E-state index contributed by atoms with van der Waals surface area (Å²) in [5, 5.41) is 6.01. The van der Waals surface area contributed by atoms with Crippen LogP contribution in [0.15, 0.2) is 48.8 Å². The van der Waals surface area contributed by atoms with Gasteiger partial charge >= 0.3 is 0 Å². The molecule has 3 aromatic rings. The third kappa shape index (κ3) is 4.73. The molecule has 1 amide bonds. The zero-order valence-electron chi connectivity index (χ0n) is 15.9. The van der Waals surface area contributed by atoms with Crippen LogP contribution < -0.4 is 20.1 Å². The summed E-state index contributed by atoms with van der Waals surface area (Å²) in [5.74, 6) is 1.96. The molecule has 0 atom stereocenters. The van der Waals surface area contributed by atoms with E-state index in [2.05, 4.69) is 25.6 Å². The first-order valence-electron chi connectivity index (χ1n) is 8.61. The molecule has 3 rings (SSSR count). The molecule has 0 bridgehead atoms. The molecule has 0 radical (unpaired) electrons. The molecule has 8 heteroatoms. The summed E-state index contributed by atoms with van der Waals surface area (Å²) in [6.07, 6.45) is 3.36. The second-order valence-corrected chi connectivity index (χ2v) is 5.91. The number of aryl methyl sites for hydroxylation is 1. The number of hydrogen-bond acceptors (Lipinski definition) is 7. The highest BCUT2D eigenvalue weighted by Gasteiger charge is 2.12. The minimum atomic E-state index is -0.285. The number of carbonyl (C=O) groups is 1. The van der Waals surface area contributed by atoms with Crippen LogP contribution >= 0.6 is 0 Å². The Hall–Kier alpha value is -3.68. The maximum absolute atomic E-state index is 12.5. The topological polar surface area (TPSA) is 98.3 Å². The minimum Gasteiger partial charge on any atom is -0.497 e. The molecule has 0 fully saturated rings. The lowest BCUT2D eigenvalue weighted by atomic mass is 10.2. The van der Waals surface area contributed by atoms with E-state index in [4.69, 9.17) is 9.47 Å². The number of rotatable bonds is 7. The molecule has 0 spiro atoms. The van der Waals surface area contributed by atoms with Crippen molar-refractivity contribution in [2.45, 2.75) is 13.5 Å². The molecule has 0 saturated carbocycles. The van der Waals surface area contributed by atoms with Crippen molar-refractivity contribution >= 4 is 17.4 Å². The van der Waals surface area contributed by atoms with Crippen molar-refractivity contribution in [2.75, 3.05) is 19.5 Å².